The van der Waals surface area contributed by atoms with Gasteiger partial charge < -0.3 is 19.8 Å². The number of likely N-dealkylation sites (tertiary alicyclic amines) is 1. The third-order valence-corrected chi connectivity index (χ3v) is 6.43. The maximum Gasteiger partial charge on any atom is 0.210 e. The number of rotatable bonds is 1. The zero-order valence-corrected chi connectivity index (χ0v) is 12.5. The van der Waals surface area contributed by atoms with E-state index in [0.29, 0.717) is 31.6 Å². The SMILES string of the molecule is O=CN1CC[C@]23c4c5ccc(O)c4O[C@H]2C(=O)CC[C@@]3(O)[C@H]1C5. The van der Waals surface area contributed by atoms with Gasteiger partial charge in [0.1, 0.15) is 0 Å². The highest BCUT2D eigenvalue weighted by Gasteiger charge is 2.73. The molecule has 120 valence electrons. The minimum atomic E-state index is -1.18. The van der Waals surface area contributed by atoms with Crippen LogP contribution in [-0.2, 0) is 21.4 Å². The van der Waals surface area contributed by atoms with Gasteiger partial charge in [0.25, 0.3) is 0 Å². The van der Waals surface area contributed by atoms with Gasteiger partial charge in [-0.05, 0) is 30.9 Å². The monoisotopic (exact) mass is 315 g/mol. The van der Waals surface area contributed by atoms with Crippen molar-refractivity contribution in [3.05, 3.63) is 23.3 Å². The van der Waals surface area contributed by atoms with E-state index in [-0.39, 0.29) is 24.0 Å². The number of carbonyl (C=O) groups excluding carboxylic acids is 2. The molecule has 0 radical (unpaired) electrons. The summed E-state index contributed by atoms with van der Waals surface area (Å²) in [6, 6.07) is 3.04. The molecule has 0 aromatic heterocycles. The largest absolute Gasteiger partial charge is 0.504 e. The average molecular weight is 315 g/mol. The molecule has 1 aromatic carbocycles. The highest BCUT2D eigenvalue weighted by Crippen LogP contribution is 2.64. The van der Waals surface area contributed by atoms with E-state index in [4.69, 9.17) is 4.74 Å². The highest BCUT2D eigenvalue weighted by atomic mass is 16.5. The number of ether oxygens (including phenoxy) is 1. The summed E-state index contributed by atoms with van der Waals surface area (Å²) >= 11 is 0. The van der Waals surface area contributed by atoms with Crippen LogP contribution in [0.2, 0.25) is 0 Å². The molecule has 6 nitrogen and oxygen atoms in total. The molecule has 6 heteroatoms. The van der Waals surface area contributed by atoms with Gasteiger partial charge in [0.2, 0.25) is 6.41 Å². The Bertz CT molecular complexity index is 762. The molecule has 1 amide bonds. The van der Waals surface area contributed by atoms with E-state index in [1.165, 1.54) is 0 Å². The Hall–Kier alpha value is -2.08. The van der Waals surface area contributed by atoms with E-state index < -0.39 is 17.1 Å². The molecule has 4 aliphatic rings. The summed E-state index contributed by atoms with van der Waals surface area (Å²) in [7, 11) is 0. The number of amides is 1. The molecule has 2 bridgehead atoms. The summed E-state index contributed by atoms with van der Waals surface area (Å²) in [5.74, 6) is 0.328. The van der Waals surface area contributed by atoms with Gasteiger partial charge in [-0.1, -0.05) is 6.07 Å². The van der Waals surface area contributed by atoms with Crippen LogP contribution in [0.5, 0.6) is 11.5 Å². The number of hydrogen-bond donors (Lipinski definition) is 2. The second kappa shape index (κ2) is 3.87. The second-order valence-corrected chi connectivity index (χ2v) is 7.12. The Morgan fingerprint density at radius 1 is 1.35 bits per heavy atom. The Kier molecular flexibility index (Phi) is 2.25. The van der Waals surface area contributed by atoms with Gasteiger partial charge >= 0.3 is 0 Å². The second-order valence-electron chi connectivity index (χ2n) is 7.12. The van der Waals surface area contributed by atoms with Crippen LogP contribution in [0.1, 0.15) is 30.4 Å². The number of piperidine rings is 1. The zero-order chi connectivity index (χ0) is 16.0. The van der Waals surface area contributed by atoms with Crippen molar-refractivity contribution in [2.45, 2.75) is 48.8 Å². The van der Waals surface area contributed by atoms with Crippen LogP contribution in [0.25, 0.3) is 0 Å². The van der Waals surface area contributed by atoms with E-state index in [1.807, 2.05) is 6.07 Å². The number of ketones is 1. The molecule has 2 aliphatic heterocycles. The number of Topliss-reactive ketones (excluding diaryl/α,β-unsaturated/α-hetero) is 1. The fourth-order valence-corrected chi connectivity index (χ4v) is 5.49. The van der Waals surface area contributed by atoms with Crippen molar-refractivity contribution < 1.29 is 24.5 Å². The van der Waals surface area contributed by atoms with Crippen molar-refractivity contribution in [3.63, 3.8) is 0 Å². The standard InChI is InChI=1S/C17H17NO5/c19-8-18-6-5-16-13-9-1-2-10(20)14(13)23-15(16)11(21)3-4-17(16,22)12(18)7-9/h1-2,8,12,15,20,22H,3-7H2/t12-,15+,16+,17-/m1/s1. The van der Waals surface area contributed by atoms with Crippen molar-refractivity contribution in [2.24, 2.45) is 0 Å². The maximum absolute atomic E-state index is 12.5. The van der Waals surface area contributed by atoms with E-state index in [0.717, 1.165) is 17.5 Å². The number of phenols is 1. The fraction of sp³-hybridized carbons (Fsp3) is 0.529. The molecule has 4 atom stereocenters. The van der Waals surface area contributed by atoms with E-state index in [1.54, 1.807) is 11.0 Å². The molecule has 1 spiro atoms. The lowest BCUT2D eigenvalue weighted by molar-refractivity contribution is -0.188. The number of benzene rings is 1. The lowest BCUT2D eigenvalue weighted by atomic mass is 9.49. The van der Waals surface area contributed by atoms with Crippen LogP contribution < -0.4 is 4.74 Å². The lowest BCUT2D eigenvalue weighted by Gasteiger charge is -2.61. The van der Waals surface area contributed by atoms with Crippen LogP contribution in [0.4, 0.5) is 0 Å². The Labute approximate surface area is 132 Å². The van der Waals surface area contributed by atoms with Gasteiger partial charge in [-0.25, -0.2) is 0 Å². The van der Waals surface area contributed by atoms with E-state index in [9.17, 15) is 19.8 Å². The number of aromatic hydroxyl groups is 1. The molecule has 2 aliphatic carbocycles. The Balaban J connectivity index is 1.85. The third kappa shape index (κ3) is 1.24. The summed E-state index contributed by atoms with van der Waals surface area (Å²) in [6.07, 6.45) is 1.58. The highest BCUT2D eigenvalue weighted by molar-refractivity contribution is 5.90. The first kappa shape index (κ1) is 13.4. The normalized spacial score (nSPS) is 39.7. The summed E-state index contributed by atoms with van der Waals surface area (Å²) in [5.41, 5.74) is -0.277. The average Bonchev–Trinajstić information content (AvgIpc) is 2.89. The maximum atomic E-state index is 12.5. The summed E-state index contributed by atoms with van der Waals surface area (Å²) in [4.78, 5) is 25.7. The molecule has 2 N–H and O–H groups in total. The molecule has 0 unspecified atom stereocenters. The molecule has 2 heterocycles. The van der Waals surface area contributed by atoms with Gasteiger partial charge in [0.05, 0.1) is 17.1 Å². The third-order valence-electron chi connectivity index (χ3n) is 6.43. The first-order valence-corrected chi connectivity index (χ1v) is 8.01. The van der Waals surface area contributed by atoms with Gasteiger partial charge in [-0.3, -0.25) is 9.59 Å². The zero-order valence-electron chi connectivity index (χ0n) is 12.5. The summed E-state index contributed by atoms with van der Waals surface area (Å²) < 4.78 is 5.89. The predicted octanol–water partition coefficient (Wildman–Crippen LogP) is 0.272. The van der Waals surface area contributed by atoms with Crippen molar-refractivity contribution in [2.75, 3.05) is 6.54 Å². The first-order chi connectivity index (χ1) is 11.0. The number of phenolic OH excluding ortho intramolecular Hbond substituents is 1. The van der Waals surface area contributed by atoms with Crippen molar-refractivity contribution >= 4 is 12.2 Å². The molecule has 23 heavy (non-hydrogen) atoms. The van der Waals surface area contributed by atoms with Gasteiger partial charge in [-0.2, -0.15) is 0 Å². The van der Waals surface area contributed by atoms with E-state index >= 15 is 0 Å². The molecular weight excluding hydrogens is 298 g/mol. The minimum Gasteiger partial charge on any atom is -0.504 e. The van der Waals surface area contributed by atoms with Crippen molar-refractivity contribution in [1.82, 2.24) is 4.90 Å². The lowest BCUT2D eigenvalue weighted by Crippen LogP contribution is -2.76. The quantitative estimate of drug-likeness (QED) is 0.727. The fourth-order valence-electron chi connectivity index (χ4n) is 5.49. The molecular formula is C17H17NO5. The molecule has 1 saturated heterocycles. The van der Waals surface area contributed by atoms with Crippen LogP contribution in [0, 0.1) is 0 Å². The topological polar surface area (TPSA) is 87.1 Å². The number of hydrogen-bond acceptors (Lipinski definition) is 5. The summed E-state index contributed by atoms with van der Waals surface area (Å²) in [5, 5.41) is 21.8. The van der Waals surface area contributed by atoms with Gasteiger partial charge in [-0.15, -0.1) is 0 Å². The molecule has 2 fully saturated rings. The minimum absolute atomic E-state index is 0.0129. The molecule has 5 rings (SSSR count). The van der Waals surface area contributed by atoms with Crippen LogP contribution in [-0.4, -0.2) is 51.6 Å². The van der Waals surface area contributed by atoms with Gasteiger partial charge in [0.15, 0.2) is 23.4 Å². The number of nitrogens with zero attached hydrogens (tertiary/aromatic N) is 1. The van der Waals surface area contributed by atoms with Crippen molar-refractivity contribution in [3.8, 4) is 11.5 Å². The smallest absolute Gasteiger partial charge is 0.210 e. The number of aliphatic hydroxyl groups is 1. The van der Waals surface area contributed by atoms with Crippen LogP contribution in [0.3, 0.4) is 0 Å². The molecule has 1 aromatic rings. The van der Waals surface area contributed by atoms with Crippen LogP contribution >= 0.6 is 0 Å². The van der Waals surface area contributed by atoms with E-state index in [2.05, 4.69) is 0 Å². The first-order valence-electron chi connectivity index (χ1n) is 8.01. The predicted molar refractivity (Wildman–Crippen MR) is 78.3 cm³/mol. The summed E-state index contributed by atoms with van der Waals surface area (Å²) in [6.45, 7) is 0.484. The molecule has 1 saturated carbocycles. The Morgan fingerprint density at radius 3 is 2.96 bits per heavy atom. The Morgan fingerprint density at radius 2 is 2.17 bits per heavy atom. The van der Waals surface area contributed by atoms with Gasteiger partial charge in [0, 0.05) is 18.5 Å². The number of carbonyl (C=O) groups is 2. The van der Waals surface area contributed by atoms with Crippen LogP contribution in [0.15, 0.2) is 12.1 Å². The van der Waals surface area contributed by atoms with Crippen molar-refractivity contribution in [1.29, 1.82) is 0 Å².